The van der Waals surface area contributed by atoms with Crippen molar-refractivity contribution in [3.05, 3.63) is 69.8 Å². The predicted octanol–water partition coefficient (Wildman–Crippen LogP) is 5.82. The second-order valence-corrected chi connectivity index (χ2v) is 6.36. The van der Waals surface area contributed by atoms with Crippen LogP contribution in [0.25, 0.3) is 0 Å². The number of amides is 2. The van der Waals surface area contributed by atoms with Gasteiger partial charge in [-0.1, -0.05) is 40.9 Å². The quantitative estimate of drug-likeness (QED) is 0.508. The lowest BCUT2D eigenvalue weighted by molar-refractivity contribution is 0.262. The number of halogens is 3. The number of rotatable bonds is 4. The minimum atomic E-state index is -0.410. The van der Waals surface area contributed by atoms with Gasteiger partial charge in [0.2, 0.25) is 0 Å². The Morgan fingerprint density at radius 1 is 0.769 bits per heavy atom. The van der Waals surface area contributed by atoms with Crippen LogP contribution in [0.2, 0.25) is 15.2 Å². The lowest BCUT2D eigenvalue weighted by Crippen LogP contribution is -2.19. The summed E-state index contributed by atoms with van der Waals surface area (Å²) in [7, 11) is 0. The van der Waals surface area contributed by atoms with Crippen molar-refractivity contribution in [2.45, 2.75) is 0 Å². The third-order valence-electron chi connectivity index (χ3n) is 3.20. The van der Waals surface area contributed by atoms with E-state index in [0.717, 1.165) is 5.69 Å². The highest BCUT2D eigenvalue weighted by Crippen LogP contribution is 2.25. The highest BCUT2D eigenvalue weighted by atomic mass is 35.5. The highest BCUT2D eigenvalue weighted by molar-refractivity contribution is 6.42. The Morgan fingerprint density at radius 2 is 1.50 bits per heavy atom. The SMILES string of the molecule is O=C(Nc1cccc(Nc2ccc(Cl)nn2)c1)Nc1ccc(Cl)c(Cl)c1. The molecule has 0 saturated heterocycles. The Morgan fingerprint density at radius 3 is 2.19 bits per heavy atom. The van der Waals surface area contributed by atoms with E-state index in [1.807, 2.05) is 6.07 Å². The van der Waals surface area contributed by atoms with Crippen molar-refractivity contribution in [3.8, 4) is 0 Å². The van der Waals surface area contributed by atoms with Gasteiger partial charge < -0.3 is 16.0 Å². The molecule has 3 rings (SSSR count). The molecule has 0 fully saturated rings. The van der Waals surface area contributed by atoms with Gasteiger partial charge >= 0.3 is 6.03 Å². The molecule has 0 spiro atoms. The van der Waals surface area contributed by atoms with Gasteiger partial charge in [-0.25, -0.2) is 4.79 Å². The Hall–Kier alpha value is -2.54. The molecule has 9 heteroatoms. The number of anilines is 4. The standard InChI is InChI=1S/C17H12Cl3N5O/c18-13-5-4-12(9-14(13)19)23-17(26)22-11-3-1-2-10(8-11)21-16-7-6-15(20)24-25-16/h1-9H,(H,21,25)(H2,22,23,26). The number of nitrogens with one attached hydrogen (secondary N) is 3. The van der Waals surface area contributed by atoms with E-state index < -0.39 is 6.03 Å². The van der Waals surface area contributed by atoms with Crippen molar-refractivity contribution < 1.29 is 4.79 Å². The maximum Gasteiger partial charge on any atom is 0.323 e. The van der Waals surface area contributed by atoms with Crippen molar-refractivity contribution in [1.82, 2.24) is 10.2 Å². The van der Waals surface area contributed by atoms with Crippen LogP contribution in [-0.4, -0.2) is 16.2 Å². The molecule has 0 aliphatic carbocycles. The third kappa shape index (κ3) is 4.98. The molecular weight excluding hydrogens is 397 g/mol. The van der Waals surface area contributed by atoms with Crippen LogP contribution < -0.4 is 16.0 Å². The van der Waals surface area contributed by atoms with E-state index in [1.54, 1.807) is 48.5 Å². The summed E-state index contributed by atoms with van der Waals surface area (Å²) < 4.78 is 0. The summed E-state index contributed by atoms with van der Waals surface area (Å²) in [6.45, 7) is 0. The van der Waals surface area contributed by atoms with Crippen molar-refractivity contribution in [3.63, 3.8) is 0 Å². The summed E-state index contributed by atoms with van der Waals surface area (Å²) >= 11 is 17.5. The summed E-state index contributed by atoms with van der Waals surface area (Å²) in [5.41, 5.74) is 1.85. The fourth-order valence-corrected chi connectivity index (χ4v) is 2.47. The first-order valence-electron chi connectivity index (χ1n) is 7.39. The molecule has 0 saturated carbocycles. The molecule has 0 unspecified atom stereocenters. The fourth-order valence-electron chi connectivity index (χ4n) is 2.07. The van der Waals surface area contributed by atoms with Crippen LogP contribution in [0.5, 0.6) is 0 Å². The van der Waals surface area contributed by atoms with Crippen LogP contribution in [-0.2, 0) is 0 Å². The molecule has 3 aromatic rings. The van der Waals surface area contributed by atoms with E-state index in [1.165, 1.54) is 0 Å². The monoisotopic (exact) mass is 407 g/mol. The summed E-state index contributed by atoms with van der Waals surface area (Å²) in [5, 5.41) is 17.3. The number of urea groups is 1. The van der Waals surface area contributed by atoms with Gasteiger partial charge in [0.25, 0.3) is 0 Å². The summed E-state index contributed by atoms with van der Waals surface area (Å²) in [6.07, 6.45) is 0. The average molecular weight is 409 g/mol. The van der Waals surface area contributed by atoms with E-state index in [4.69, 9.17) is 34.8 Å². The van der Waals surface area contributed by atoms with Gasteiger partial charge in [0.15, 0.2) is 11.0 Å². The zero-order chi connectivity index (χ0) is 18.5. The fraction of sp³-hybridized carbons (Fsp3) is 0. The number of carbonyl (C=O) groups is 1. The molecule has 0 bridgehead atoms. The zero-order valence-electron chi connectivity index (χ0n) is 13.1. The molecule has 1 heterocycles. The van der Waals surface area contributed by atoms with Gasteiger partial charge in [-0.3, -0.25) is 0 Å². The van der Waals surface area contributed by atoms with Gasteiger partial charge in [-0.15, -0.1) is 10.2 Å². The van der Waals surface area contributed by atoms with Gasteiger partial charge in [0.1, 0.15) is 0 Å². The minimum Gasteiger partial charge on any atom is -0.339 e. The topological polar surface area (TPSA) is 78.9 Å². The third-order valence-corrected chi connectivity index (χ3v) is 4.14. The first-order valence-corrected chi connectivity index (χ1v) is 8.52. The summed E-state index contributed by atoms with van der Waals surface area (Å²) in [5.74, 6) is 0.534. The molecule has 0 aliphatic heterocycles. The molecule has 6 nitrogen and oxygen atoms in total. The number of nitrogens with zero attached hydrogens (tertiary/aromatic N) is 2. The Labute approximate surface area is 164 Å². The molecule has 0 aliphatic rings. The van der Waals surface area contributed by atoms with Crippen LogP contribution in [0.15, 0.2) is 54.6 Å². The molecule has 1 aromatic heterocycles. The molecule has 3 N–H and O–H groups in total. The Bertz CT molecular complexity index is 934. The Kier molecular flexibility index (Phi) is 5.78. The van der Waals surface area contributed by atoms with Crippen molar-refractivity contribution in [2.24, 2.45) is 0 Å². The summed E-state index contributed by atoms with van der Waals surface area (Å²) in [4.78, 5) is 12.1. The average Bonchev–Trinajstić information content (AvgIpc) is 2.60. The maximum atomic E-state index is 12.1. The van der Waals surface area contributed by atoms with Gasteiger partial charge in [-0.05, 0) is 48.5 Å². The number of hydrogen-bond donors (Lipinski definition) is 3. The van der Waals surface area contributed by atoms with Crippen molar-refractivity contribution in [2.75, 3.05) is 16.0 Å². The molecule has 2 amide bonds. The number of benzene rings is 2. The molecular formula is C17H12Cl3N5O. The van der Waals surface area contributed by atoms with E-state index in [-0.39, 0.29) is 0 Å². The van der Waals surface area contributed by atoms with Crippen molar-refractivity contribution >= 4 is 63.7 Å². The smallest absolute Gasteiger partial charge is 0.323 e. The molecule has 0 atom stereocenters. The highest BCUT2D eigenvalue weighted by Gasteiger charge is 2.06. The normalized spacial score (nSPS) is 10.3. The zero-order valence-corrected chi connectivity index (χ0v) is 15.4. The van der Waals surface area contributed by atoms with E-state index in [2.05, 4.69) is 26.1 Å². The minimum absolute atomic E-state index is 0.310. The Balaban J connectivity index is 1.65. The largest absolute Gasteiger partial charge is 0.339 e. The molecule has 132 valence electrons. The van der Waals surface area contributed by atoms with Crippen molar-refractivity contribution in [1.29, 1.82) is 0 Å². The van der Waals surface area contributed by atoms with Gasteiger partial charge in [-0.2, -0.15) is 0 Å². The van der Waals surface area contributed by atoms with Crippen LogP contribution in [0.1, 0.15) is 0 Å². The van der Waals surface area contributed by atoms with Gasteiger partial charge in [0, 0.05) is 17.1 Å². The maximum absolute atomic E-state index is 12.1. The number of aromatic nitrogens is 2. The van der Waals surface area contributed by atoms with Gasteiger partial charge in [0.05, 0.1) is 10.0 Å². The van der Waals surface area contributed by atoms with E-state index >= 15 is 0 Å². The second kappa shape index (κ2) is 8.23. The predicted molar refractivity (Wildman–Crippen MR) is 106 cm³/mol. The van der Waals surface area contributed by atoms with E-state index in [0.29, 0.717) is 32.4 Å². The lowest BCUT2D eigenvalue weighted by atomic mass is 10.2. The number of hydrogen-bond acceptors (Lipinski definition) is 4. The second-order valence-electron chi connectivity index (χ2n) is 5.16. The lowest BCUT2D eigenvalue weighted by Gasteiger charge is -2.10. The van der Waals surface area contributed by atoms with Crippen LogP contribution in [0.4, 0.5) is 27.7 Å². The molecule has 0 radical (unpaired) electrons. The first kappa shape index (κ1) is 18.3. The molecule has 2 aromatic carbocycles. The van der Waals surface area contributed by atoms with Crippen LogP contribution in [0.3, 0.4) is 0 Å². The summed E-state index contributed by atoms with van der Waals surface area (Å²) in [6, 6.07) is 14.9. The van der Waals surface area contributed by atoms with E-state index in [9.17, 15) is 4.79 Å². The van der Waals surface area contributed by atoms with Crippen LogP contribution >= 0.6 is 34.8 Å². The first-order chi connectivity index (χ1) is 12.5. The van der Waals surface area contributed by atoms with Crippen LogP contribution in [0, 0.1) is 0 Å². The molecule has 26 heavy (non-hydrogen) atoms. The number of carbonyl (C=O) groups excluding carboxylic acids is 1.